The first-order chi connectivity index (χ1) is 5.89. The fourth-order valence-electron chi connectivity index (χ4n) is 0.931. The maximum absolute atomic E-state index is 10.3. The van der Waals surface area contributed by atoms with Crippen LogP contribution in [-0.4, -0.2) is 17.9 Å². The largest absolute Gasteiger partial charge is 1.00 e. The number of carboxylic acids is 3. The van der Waals surface area contributed by atoms with Crippen molar-refractivity contribution >= 4 is 17.9 Å². The Morgan fingerprint density at radius 3 is 1.19 bits per heavy atom. The predicted molar refractivity (Wildman–Crippen MR) is 32.4 cm³/mol. The first kappa shape index (κ1) is 26.1. The first-order valence-corrected chi connectivity index (χ1v) is 3.54. The summed E-state index contributed by atoms with van der Waals surface area (Å²) in [6, 6.07) is 0. The summed E-state index contributed by atoms with van der Waals surface area (Å²) in [5.74, 6) is -6.64. The average Bonchev–Trinajstić information content (AvgIpc) is 1.97. The van der Waals surface area contributed by atoms with Crippen LogP contribution >= 0.6 is 0 Å². The Kier molecular flexibility index (Phi) is 18.7. The molecule has 0 aromatic rings. The minimum atomic E-state index is -3.03. The van der Waals surface area contributed by atoms with E-state index in [4.69, 9.17) is 0 Å². The molecule has 0 unspecified atom stereocenters. The molecule has 0 saturated carbocycles. The molecule has 0 spiro atoms. The molecule has 0 fully saturated rings. The third-order valence-electron chi connectivity index (χ3n) is 1.67. The van der Waals surface area contributed by atoms with Gasteiger partial charge in [-0.2, -0.15) is 0 Å². The zero-order valence-corrected chi connectivity index (χ0v) is 15.9. The molecule has 0 aliphatic heterocycles. The topological polar surface area (TPSA) is 120 Å². The molecule has 0 aromatic heterocycles. The van der Waals surface area contributed by atoms with Gasteiger partial charge in [0.1, 0.15) is 0 Å². The van der Waals surface area contributed by atoms with Gasteiger partial charge in [0.2, 0.25) is 0 Å². The number of hydrogen-bond donors (Lipinski definition) is 0. The first-order valence-electron chi connectivity index (χ1n) is 3.54. The molecule has 0 N–H and O–H groups in total. The Morgan fingerprint density at radius 1 is 0.875 bits per heavy atom. The zero-order valence-electron chi connectivity index (χ0n) is 9.86. The summed E-state index contributed by atoms with van der Waals surface area (Å²) in [7, 11) is 0. The molecular weight excluding hydrogens is 249 g/mol. The van der Waals surface area contributed by atoms with Crippen molar-refractivity contribution in [3.05, 3.63) is 0 Å². The summed E-state index contributed by atoms with van der Waals surface area (Å²) < 4.78 is 0. The molecule has 0 amide bonds. The molecule has 16 heavy (non-hydrogen) atoms. The maximum Gasteiger partial charge on any atom is 1.00 e. The maximum atomic E-state index is 10.3. The minimum absolute atomic E-state index is 0. The second kappa shape index (κ2) is 11.5. The van der Waals surface area contributed by atoms with E-state index in [-0.39, 0.29) is 95.1 Å². The van der Waals surface area contributed by atoms with E-state index in [0.717, 1.165) is 0 Å². The minimum Gasteiger partial charge on any atom is -0.549 e. The van der Waals surface area contributed by atoms with Crippen LogP contribution in [0.25, 0.3) is 0 Å². The van der Waals surface area contributed by atoms with E-state index < -0.39 is 29.7 Å². The number of carbonyl (C=O) groups is 3. The Morgan fingerprint density at radius 2 is 1.12 bits per heavy atom. The quantitative estimate of drug-likeness (QED) is 0.355. The van der Waals surface area contributed by atoms with Crippen molar-refractivity contribution in [1.29, 1.82) is 0 Å². The van der Waals surface area contributed by atoms with Crippen molar-refractivity contribution in [2.45, 2.75) is 19.8 Å². The fourth-order valence-corrected chi connectivity index (χ4v) is 0.931. The van der Waals surface area contributed by atoms with Gasteiger partial charge in [-0.3, -0.25) is 0 Å². The van der Waals surface area contributed by atoms with E-state index in [1.807, 2.05) is 0 Å². The zero-order chi connectivity index (χ0) is 10.6. The molecule has 74 valence electrons. The molecule has 0 rings (SSSR count). The summed E-state index contributed by atoms with van der Waals surface area (Å²) in [5, 5.41) is 31.0. The summed E-state index contributed by atoms with van der Waals surface area (Å²) >= 11 is 0. The molecule has 0 atom stereocenters. The van der Waals surface area contributed by atoms with Crippen molar-refractivity contribution in [3.63, 3.8) is 0 Å². The van der Waals surface area contributed by atoms with Crippen LogP contribution in [0, 0.1) is 5.41 Å². The smallest absolute Gasteiger partial charge is 0.549 e. The molecule has 0 radical (unpaired) electrons. The van der Waals surface area contributed by atoms with E-state index in [1.165, 1.54) is 6.92 Å². The predicted octanol–water partition coefficient (Wildman–Crippen LogP) is -13.0. The molecule has 9 heteroatoms. The van der Waals surface area contributed by atoms with Gasteiger partial charge < -0.3 is 29.7 Å². The molecule has 0 aliphatic carbocycles. The second-order valence-electron chi connectivity index (χ2n) is 2.52. The fraction of sp³-hybridized carbons (Fsp3) is 0.571. The van der Waals surface area contributed by atoms with E-state index >= 15 is 0 Å². The summed E-state index contributed by atoms with van der Waals surface area (Å²) in [5.41, 5.74) is -3.03. The number of carboxylic acid groups (broad SMARTS) is 3. The Bertz CT molecular complexity index is 218. The van der Waals surface area contributed by atoms with Crippen LogP contribution in [0.1, 0.15) is 19.8 Å². The van der Waals surface area contributed by atoms with E-state index in [1.54, 1.807) is 0 Å². The van der Waals surface area contributed by atoms with Gasteiger partial charge in [0.05, 0.1) is 23.3 Å². The van der Waals surface area contributed by atoms with Gasteiger partial charge in [-0.15, -0.1) is 0 Å². The van der Waals surface area contributed by atoms with E-state index in [2.05, 4.69) is 0 Å². The average molecular weight is 256 g/mol. The Labute approximate surface area is 159 Å². The Hall–Kier alpha value is 1.41. The van der Waals surface area contributed by atoms with E-state index in [9.17, 15) is 29.7 Å². The van der Waals surface area contributed by atoms with Crippen LogP contribution in [0.3, 0.4) is 0 Å². The third-order valence-corrected chi connectivity index (χ3v) is 1.67. The van der Waals surface area contributed by atoms with Gasteiger partial charge in [0, 0.05) is 0 Å². The normalized spacial score (nSPS) is 8.81. The molecule has 0 aliphatic rings. The monoisotopic (exact) mass is 256 g/mol. The Balaban J connectivity index is -0.000000240. The SMILES string of the molecule is CCCC(C(=O)[O-])(C(=O)[O-])C(=O)[O-].[Na+].[Na+].[Na+]. The van der Waals surface area contributed by atoms with Gasteiger partial charge in [-0.25, -0.2) is 0 Å². The summed E-state index contributed by atoms with van der Waals surface area (Å²) in [6.07, 6.45) is -0.560. The van der Waals surface area contributed by atoms with Gasteiger partial charge >= 0.3 is 88.7 Å². The number of hydrogen-bond acceptors (Lipinski definition) is 6. The number of aliphatic carboxylic acids is 3. The second-order valence-corrected chi connectivity index (χ2v) is 2.52. The molecular formula is C7H7Na3O6. The van der Waals surface area contributed by atoms with Gasteiger partial charge in [-0.05, 0) is 6.42 Å². The molecule has 0 heterocycles. The third kappa shape index (κ3) is 5.84. The van der Waals surface area contributed by atoms with Crippen molar-refractivity contribution in [2.75, 3.05) is 0 Å². The van der Waals surface area contributed by atoms with Crippen LogP contribution in [0.4, 0.5) is 0 Å². The van der Waals surface area contributed by atoms with Crippen LogP contribution in [-0.2, 0) is 14.4 Å². The number of carbonyl (C=O) groups excluding carboxylic acids is 3. The van der Waals surface area contributed by atoms with Crippen molar-refractivity contribution in [3.8, 4) is 0 Å². The van der Waals surface area contributed by atoms with E-state index in [0.29, 0.717) is 0 Å². The summed E-state index contributed by atoms with van der Waals surface area (Å²) in [4.78, 5) is 31.0. The van der Waals surface area contributed by atoms with Crippen LogP contribution in [0.5, 0.6) is 0 Å². The molecule has 0 saturated heterocycles. The van der Waals surface area contributed by atoms with Crippen LogP contribution < -0.4 is 104 Å². The van der Waals surface area contributed by atoms with Gasteiger partial charge in [0.15, 0.2) is 0 Å². The van der Waals surface area contributed by atoms with Crippen LogP contribution in [0.15, 0.2) is 0 Å². The molecule has 0 aromatic carbocycles. The molecule has 6 nitrogen and oxygen atoms in total. The van der Waals surface area contributed by atoms with Crippen LogP contribution in [0.2, 0.25) is 0 Å². The van der Waals surface area contributed by atoms with Gasteiger partial charge in [-0.1, -0.05) is 13.3 Å². The summed E-state index contributed by atoms with van der Waals surface area (Å²) in [6.45, 7) is 1.43. The van der Waals surface area contributed by atoms with Gasteiger partial charge in [0.25, 0.3) is 0 Å². The van der Waals surface area contributed by atoms with Crippen molar-refractivity contribution in [1.82, 2.24) is 0 Å². The number of rotatable bonds is 5. The standard InChI is InChI=1S/C7H10O6.3Na/c1-2-3-7(4(8)9,5(10)11)6(12)13;;;/h2-3H2,1H3,(H,8,9)(H,10,11)(H,12,13);;;/q;3*+1/p-3. The van der Waals surface area contributed by atoms with Crippen molar-refractivity contribution in [2.24, 2.45) is 5.41 Å². The molecule has 0 bridgehead atoms. The van der Waals surface area contributed by atoms with Crippen molar-refractivity contribution < 1.29 is 118 Å².